The number of carbonyl (C=O) groups excluding carboxylic acids is 2. The van der Waals surface area contributed by atoms with Gasteiger partial charge in [-0.25, -0.2) is 4.52 Å². The van der Waals surface area contributed by atoms with Crippen LogP contribution in [0.15, 0.2) is 57.9 Å². The van der Waals surface area contributed by atoms with E-state index in [-0.39, 0.29) is 34.5 Å². The number of nitrogens with one attached hydrogen (secondary N) is 1. The summed E-state index contributed by atoms with van der Waals surface area (Å²) in [6.45, 7) is 1.79. The number of hydrogen-bond donors (Lipinski definition) is 1. The molecule has 4 aromatic rings. The monoisotopic (exact) mass is 641 g/mol. The van der Waals surface area contributed by atoms with Gasteiger partial charge in [-0.3, -0.25) is 19.0 Å². The number of benzene rings is 2. The molecule has 1 N–H and O–H groups in total. The number of amides is 2. The molecule has 12 heteroatoms. The lowest BCUT2D eigenvalue weighted by molar-refractivity contribution is -0.138. The van der Waals surface area contributed by atoms with Crippen molar-refractivity contribution in [2.75, 3.05) is 7.05 Å². The summed E-state index contributed by atoms with van der Waals surface area (Å²) in [4.78, 5) is 41.3. The number of fused-ring (bicyclic) bond motifs is 3. The minimum absolute atomic E-state index is 0.0134. The van der Waals surface area contributed by atoms with Crippen LogP contribution in [0.2, 0.25) is 0 Å². The molecule has 1 saturated carbocycles. The maximum atomic E-state index is 14.1. The highest BCUT2D eigenvalue weighted by molar-refractivity contribution is 9.10. The smallest absolute Gasteiger partial charge is 0.355 e. The Bertz CT molecular complexity index is 1790. The normalized spacial score (nSPS) is 16.9. The molecular formula is C30H27BrF3N5O3. The van der Waals surface area contributed by atoms with Crippen molar-refractivity contribution in [3.8, 4) is 5.69 Å². The second-order valence-electron chi connectivity index (χ2n) is 10.9. The van der Waals surface area contributed by atoms with Crippen molar-refractivity contribution in [2.45, 2.75) is 51.4 Å². The molecule has 1 aliphatic carbocycles. The molecule has 0 spiro atoms. The zero-order chi connectivity index (χ0) is 29.9. The first-order valence-electron chi connectivity index (χ1n) is 13.6. The first kappa shape index (κ1) is 28.2. The number of alkyl halides is 3. The van der Waals surface area contributed by atoms with Gasteiger partial charge in [0.25, 0.3) is 17.4 Å². The highest BCUT2D eigenvalue weighted by Crippen LogP contribution is 2.37. The zero-order valence-electron chi connectivity index (χ0n) is 22.8. The van der Waals surface area contributed by atoms with Gasteiger partial charge in [-0.1, -0.05) is 15.9 Å². The predicted molar refractivity (Wildman–Crippen MR) is 153 cm³/mol. The summed E-state index contributed by atoms with van der Waals surface area (Å²) in [7, 11) is 1.55. The Balaban J connectivity index is 1.46. The summed E-state index contributed by atoms with van der Waals surface area (Å²) in [6, 6.07) is 9.74. The fraction of sp³-hybridized carbons (Fsp3) is 0.333. The van der Waals surface area contributed by atoms with Crippen LogP contribution in [0.3, 0.4) is 0 Å². The Morgan fingerprint density at radius 3 is 2.43 bits per heavy atom. The summed E-state index contributed by atoms with van der Waals surface area (Å²) in [5.41, 5.74) is 2.29. The molecule has 2 aromatic carbocycles. The van der Waals surface area contributed by atoms with Crippen LogP contribution in [0.4, 0.5) is 13.2 Å². The van der Waals surface area contributed by atoms with Gasteiger partial charge in [-0.05, 0) is 81.0 Å². The minimum Gasteiger partial charge on any atom is -0.355 e. The molecule has 1 fully saturated rings. The van der Waals surface area contributed by atoms with Gasteiger partial charge in [-0.2, -0.15) is 18.3 Å². The SMILES string of the molecule is CNC(=O)c1ccc(-n2c(=O)c3c(n4ncc(CC5CC5)c24)CN(C(=O)c2ccc(Br)c(C(F)(F)F)c2)[C@H](C)C3)cc1. The van der Waals surface area contributed by atoms with Crippen molar-refractivity contribution in [1.29, 1.82) is 0 Å². The molecular weight excluding hydrogens is 615 g/mol. The van der Waals surface area contributed by atoms with E-state index >= 15 is 0 Å². The van der Waals surface area contributed by atoms with E-state index in [0.29, 0.717) is 34.1 Å². The summed E-state index contributed by atoms with van der Waals surface area (Å²) >= 11 is 2.93. The van der Waals surface area contributed by atoms with E-state index < -0.39 is 23.7 Å². The van der Waals surface area contributed by atoms with Crippen molar-refractivity contribution in [3.05, 3.63) is 97.0 Å². The van der Waals surface area contributed by atoms with Crippen molar-refractivity contribution in [3.63, 3.8) is 0 Å². The van der Waals surface area contributed by atoms with E-state index in [0.717, 1.165) is 30.9 Å². The Morgan fingerprint density at radius 1 is 1.10 bits per heavy atom. The highest BCUT2D eigenvalue weighted by Gasteiger charge is 2.37. The largest absolute Gasteiger partial charge is 0.417 e. The summed E-state index contributed by atoms with van der Waals surface area (Å²) in [6.07, 6.45) is 0.263. The third-order valence-corrected chi connectivity index (χ3v) is 8.74. The lowest BCUT2D eigenvalue weighted by Crippen LogP contribution is -2.46. The van der Waals surface area contributed by atoms with Crippen LogP contribution >= 0.6 is 15.9 Å². The topological polar surface area (TPSA) is 88.7 Å². The molecule has 0 unspecified atom stereocenters. The van der Waals surface area contributed by atoms with Gasteiger partial charge < -0.3 is 10.2 Å². The van der Waals surface area contributed by atoms with Crippen LogP contribution < -0.4 is 10.9 Å². The molecule has 1 atom stereocenters. The van der Waals surface area contributed by atoms with Gasteiger partial charge in [0.1, 0.15) is 5.65 Å². The number of aromatic nitrogens is 3. The highest BCUT2D eigenvalue weighted by atomic mass is 79.9. The fourth-order valence-electron chi connectivity index (χ4n) is 5.62. The molecule has 2 amide bonds. The molecule has 3 heterocycles. The van der Waals surface area contributed by atoms with Crippen LogP contribution in [-0.2, 0) is 25.6 Å². The van der Waals surface area contributed by atoms with Gasteiger partial charge in [0.2, 0.25) is 0 Å². The van der Waals surface area contributed by atoms with Crippen LogP contribution in [0.1, 0.15) is 62.9 Å². The molecule has 6 rings (SSSR count). The van der Waals surface area contributed by atoms with Crippen molar-refractivity contribution in [2.24, 2.45) is 5.92 Å². The maximum absolute atomic E-state index is 14.1. The predicted octanol–water partition coefficient (Wildman–Crippen LogP) is 5.17. The Hall–Kier alpha value is -3.93. The molecule has 0 saturated heterocycles. The quantitative estimate of drug-likeness (QED) is 0.326. The second kappa shape index (κ2) is 10.4. The van der Waals surface area contributed by atoms with Crippen LogP contribution in [0, 0.1) is 5.92 Å². The van der Waals surface area contributed by atoms with E-state index in [4.69, 9.17) is 0 Å². The number of carbonyl (C=O) groups is 2. The van der Waals surface area contributed by atoms with Gasteiger partial charge in [-0.15, -0.1) is 0 Å². The average molecular weight is 642 g/mol. The lowest BCUT2D eigenvalue weighted by Gasteiger charge is -2.35. The number of hydrogen-bond acceptors (Lipinski definition) is 4. The maximum Gasteiger partial charge on any atom is 0.417 e. The van der Waals surface area contributed by atoms with Crippen molar-refractivity contribution >= 4 is 33.4 Å². The van der Waals surface area contributed by atoms with E-state index in [1.165, 1.54) is 17.0 Å². The average Bonchev–Trinajstić information content (AvgIpc) is 3.70. The molecule has 218 valence electrons. The van der Waals surface area contributed by atoms with Crippen molar-refractivity contribution < 1.29 is 22.8 Å². The molecule has 42 heavy (non-hydrogen) atoms. The van der Waals surface area contributed by atoms with E-state index in [1.54, 1.807) is 53.5 Å². The lowest BCUT2D eigenvalue weighted by atomic mass is 9.97. The van der Waals surface area contributed by atoms with Crippen LogP contribution in [0.5, 0.6) is 0 Å². The zero-order valence-corrected chi connectivity index (χ0v) is 24.4. The first-order chi connectivity index (χ1) is 20.0. The summed E-state index contributed by atoms with van der Waals surface area (Å²) in [5, 5.41) is 7.24. The molecule has 8 nitrogen and oxygen atoms in total. The van der Waals surface area contributed by atoms with Crippen LogP contribution in [0.25, 0.3) is 11.3 Å². The Kier molecular flexibility index (Phi) is 6.99. The summed E-state index contributed by atoms with van der Waals surface area (Å²) in [5.74, 6) is -0.292. The Morgan fingerprint density at radius 2 is 1.79 bits per heavy atom. The van der Waals surface area contributed by atoms with E-state index in [9.17, 15) is 27.6 Å². The first-order valence-corrected chi connectivity index (χ1v) is 14.4. The molecule has 1 aliphatic heterocycles. The molecule has 0 radical (unpaired) electrons. The summed E-state index contributed by atoms with van der Waals surface area (Å²) < 4.78 is 43.8. The molecule has 0 bridgehead atoms. The van der Waals surface area contributed by atoms with E-state index in [1.807, 2.05) is 0 Å². The fourth-order valence-corrected chi connectivity index (χ4v) is 6.09. The number of halogens is 4. The van der Waals surface area contributed by atoms with Gasteiger partial charge in [0.05, 0.1) is 29.7 Å². The minimum atomic E-state index is -4.63. The standard InChI is InChI=1S/C30H27BrF3N5O3/c1-16-11-22-25(15-37(16)28(41)19-7-10-24(31)23(13-19)30(32,33)34)39-27(20(14-36-39)12-17-3-4-17)38(29(22)42)21-8-5-18(6-9-21)26(40)35-2/h5-10,13-14,16-17H,3-4,11-12,15H2,1-2H3,(H,35,40)/t16-/m1/s1. The van der Waals surface area contributed by atoms with Crippen LogP contribution in [-0.4, -0.2) is 44.0 Å². The van der Waals surface area contributed by atoms with Gasteiger partial charge in [0.15, 0.2) is 0 Å². The number of nitrogens with zero attached hydrogens (tertiary/aromatic N) is 4. The Labute approximate surface area is 247 Å². The second-order valence-corrected chi connectivity index (χ2v) is 11.8. The van der Waals surface area contributed by atoms with Gasteiger partial charge >= 0.3 is 6.18 Å². The number of rotatable bonds is 5. The van der Waals surface area contributed by atoms with Crippen molar-refractivity contribution in [1.82, 2.24) is 24.4 Å². The van der Waals surface area contributed by atoms with Gasteiger partial charge in [0, 0.05) is 39.8 Å². The third-order valence-electron chi connectivity index (χ3n) is 8.05. The third kappa shape index (κ3) is 4.91. The molecule has 2 aromatic heterocycles. The van der Waals surface area contributed by atoms with E-state index in [2.05, 4.69) is 26.3 Å². The molecule has 2 aliphatic rings.